The molecule has 0 spiro atoms. The van der Waals surface area contributed by atoms with E-state index in [0.29, 0.717) is 24.9 Å². The number of nitrogens with two attached hydrogens (primary N) is 1. The van der Waals surface area contributed by atoms with Crippen molar-refractivity contribution in [2.75, 3.05) is 6.54 Å². The van der Waals surface area contributed by atoms with Crippen LogP contribution in [0.4, 0.5) is 0 Å². The zero-order chi connectivity index (χ0) is 12.7. The molecule has 0 aliphatic rings. The van der Waals surface area contributed by atoms with Gasteiger partial charge in [0.2, 0.25) is 5.12 Å². The number of hydrogen-bond donors (Lipinski definition) is 3. The molecule has 0 saturated heterocycles. The van der Waals surface area contributed by atoms with Gasteiger partial charge in [-0.25, -0.2) is 0 Å². The lowest BCUT2D eigenvalue weighted by atomic mass is 10.2. The van der Waals surface area contributed by atoms with Gasteiger partial charge >= 0.3 is 0 Å². The molecule has 0 fully saturated rings. The van der Waals surface area contributed by atoms with Gasteiger partial charge in [-0.2, -0.15) is 0 Å². The van der Waals surface area contributed by atoms with Crippen molar-refractivity contribution in [2.24, 2.45) is 5.73 Å². The van der Waals surface area contributed by atoms with Gasteiger partial charge in [-0.1, -0.05) is 0 Å². The fourth-order valence-electron chi connectivity index (χ4n) is 1.25. The van der Waals surface area contributed by atoms with Crippen LogP contribution in [0.1, 0.15) is 23.2 Å². The largest absolute Gasteiger partial charge is 0.352 e. The quantitative estimate of drug-likeness (QED) is 0.505. The first-order valence-electron chi connectivity index (χ1n) is 5.28. The molecule has 17 heavy (non-hydrogen) atoms. The fraction of sp³-hybridized carbons (Fsp3) is 0.364. The summed E-state index contributed by atoms with van der Waals surface area (Å²) < 4.78 is 0. The number of nitrogens with zero attached hydrogens (tertiary/aromatic N) is 1. The molecule has 3 N–H and O–H groups in total. The van der Waals surface area contributed by atoms with Crippen LogP contribution in [0.2, 0.25) is 0 Å². The molecule has 0 unspecified atom stereocenters. The van der Waals surface area contributed by atoms with E-state index in [1.165, 1.54) is 6.20 Å². The number of hydrogen-bond acceptors (Lipinski definition) is 4. The van der Waals surface area contributed by atoms with Crippen molar-refractivity contribution in [1.29, 1.82) is 0 Å². The number of carbonyl (C=O) groups is 2. The van der Waals surface area contributed by atoms with Crippen molar-refractivity contribution < 1.29 is 9.59 Å². The van der Waals surface area contributed by atoms with E-state index >= 15 is 0 Å². The van der Waals surface area contributed by atoms with Gasteiger partial charge in [-0.05, 0) is 25.0 Å². The van der Waals surface area contributed by atoms with Gasteiger partial charge in [0.15, 0.2) is 0 Å². The first-order valence-corrected chi connectivity index (χ1v) is 5.72. The summed E-state index contributed by atoms with van der Waals surface area (Å²) in [6.45, 7) is 0.475. The highest BCUT2D eigenvalue weighted by molar-refractivity contribution is 7.96. The van der Waals surface area contributed by atoms with E-state index in [1.807, 2.05) is 0 Å². The first kappa shape index (κ1) is 13.7. The molecule has 92 valence electrons. The Bertz CT molecular complexity index is 384. The van der Waals surface area contributed by atoms with Crippen molar-refractivity contribution >= 4 is 23.7 Å². The summed E-state index contributed by atoms with van der Waals surface area (Å²) in [4.78, 5) is 26.1. The zero-order valence-electron chi connectivity index (χ0n) is 9.30. The number of rotatable bonds is 6. The highest BCUT2D eigenvalue weighted by atomic mass is 32.1. The lowest BCUT2D eigenvalue weighted by Gasteiger charge is -2.07. The van der Waals surface area contributed by atoms with Crippen LogP contribution in [0.15, 0.2) is 24.5 Å². The molecule has 0 bridgehead atoms. The normalized spacial score (nSPS) is 11.9. The molecule has 0 aromatic carbocycles. The number of carbonyl (C=O) groups excluding carboxylic acids is 2. The highest BCUT2D eigenvalue weighted by Crippen LogP contribution is 1.99. The van der Waals surface area contributed by atoms with Crippen molar-refractivity contribution in [3.63, 3.8) is 0 Å². The second-order valence-electron chi connectivity index (χ2n) is 3.58. The average Bonchev–Trinajstić information content (AvgIpc) is 2.35. The van der Waals surface area contributed by atoms with Crippen LogP contribution in [-0.4, -0.2) is 28.6 Å². The lowest BCUT2D eigenvalue weighted by molar-refractivity contribution is -0.112. The second-order valence-corrected chi connectivity index (χ2v) is 4.03. The maximum absolute atomic E-state index is 11.6. The Balaban J connectivity index is 2.24. The Morgan fingerprint density at radius 2 is 2.29 bits per heavy atom. The van der Waals surface area contributed by atoms with Crippen LogP contribution in [0.3, 0.4) is 0 Å². The minimum Gasteiger partial charge on any atom is -0.352 e. The van der Waals surface area contributed by atoms with E-state index in [0.717, 1.165) is 0 Å². The minimum absolute atomic E-state index is 0.177. The predicted octanol–water partition coefficient (Wildman–Crippen LogP) is 0.375. The van der Waals surface area contributed by atoms with Gasteiger partial charge < -0.3 is 11.1 Å². The van der Waals surface area contributed by atoms with Gasteiger partial charge in [0.1, 0.15) is 0 Å². The van der Waals surface area contributed by atoms with E-state index in [1.54, 1.807) is 18.3 Å². The molecule has 0 aliphatic carbocycles. The Labute approximate surface area is 105 Å². The summed E-state index contributed by atoms with van der Waals surface area (Å²) in [7, 11) is 0. The maximum Gasteiger partial charge on any atom is 0.252 e. The SMILES string of the molecule is N[C@@H](CCCNC(=O)c1cccnc1)C(=O)S. The van der Waals surface area contributed by atoms with Gasteiger partial charge in [-0.15, -0.1) is 12.6 Å². The third-order valence-corrected chi connectivity index (χ3v) is 2.55. The minimum atomic E-state index is -0.561. The summed E-state index contributed by atoms with van der Waals surface area (Å²) in [5.74, 6) is -0.177. The van der Waals surface area contributed by atoms with Crippen molar-refractivity contribution in [3.8, 4) is 0 Å². The molecule has 1 atom stereocenters. The summed E-state index contributed by atoms with van der Waals surface area (Å²) in [6, 6.07) is 2.82. The fourth-order valence-corrected chi connectivity index (χ4v) is 1.38. The van der Waals surface area contributed by atoms with Crippen LogP contribution >= 0.6 is 12.6 Å². The molecule has 0 aliphatic heterocycles. The first-order chi connectivity index (χ1) is 8.11. The third-order valence-electron chi connectivity index (χ3n) is 2.22. The summed E-state index contributed by atoms with van der Waals surface area (Å²) >= 11 is 3.63. The average molecular weight is 253 g/mol. The number of nitrogens with one attached hydrogen (secondary N) is 1. The Kier molecular flexibility index (Phi) is 5.65. The van der Waals surface area contributed by atoms with E-state index in [9.17, 15) is 9.59 Å². The molecule has 1 aromatic heterocycles. The molecule has 1 rings (SSSR count). The molecule has 0 saturated carbocycles. The topological polar surface area (TPSA) is 85.1 Å². The smallest absolute Gasteiger partial charge is 0.252 e. The molecule has 5 nitrogen and oxygen atoms in total. The number of aromatic nitrogens is 1. The standard InChI is InChI=1S/C11H15N3O2S/c12-9(11(16)17)4-2-6-14-10(15)8-3-1-5-13-7-8/h1,3,5,7,9H,2,4,6,12H2,(H,14,15)(H,16,17)/t9-/m0/s1. The monoisotopic (exact) mass is 253 g/mol. The van der Waals surface area contributed by atoms with Crippen LogP contribution in [0.25, 0.3) is 0 Å². The molecule has 1 heterocycles. The van der Waals surface area contributed by atoms with Crippen molar-refractivity contribution in [3.05, 3.63) is 30.1 Å². The highest BCUT2D eigenvalue weighted by Gasteiger charge is 2.09. The van der Waals surface area contributed by atoms with Gasteiger partial charge in [0, 0.05) is 18.9 Å². The van der Waals surface area contributed by atoms with Crippen LogP contribution in [-0.2, 0) is 4.79 Å². The zero-order valence-corrected chi connectivity index (χ0v) is 10.2. The van der Waals surface area contributed by atoms with Crippen LogP contribution < -0.4 is 11.1 Å². The second kappa shape index (κ2) is 7.03. The van der Waals surface area contributed by atoms with E-state index in [-0.39, 0.29) is 11.0 Å². The van der Waals surface area contributed by atoms with E-state index in [4.69, 9.17) is 5.73 Å². The molecular weight excluding hydrogens is 238 g/mol. The molecule has 1 aromatic rings. The maximum atomic E-state index is 11.6. The van der Waals surface area contributed by atoms with Crippen molar-refractivity contribution in [2.45, 2.75) is 18.9 Å². The van der Waals surface area contributed by atoms with Gasteiger partial charge in [0.05, 0.1) is 11.6 Å². The molecule has 1 amide bonds. The summed E-state index contributed by atoms with van der Waals surface area (Å²) in [5.41, 5.74) is 6.01. The van der Waals surface area contributed by atoms with E-state index in [2.05, 4.69) is 22.9 Å². The van der Waals surface area contributed by atoms with Crippen LogP contribution in [0.5, 0.6) is 0 Å². The molecular formula is C11H15N3O2S. The lowest BCUT2D eigenvalue weighted by Crippen LogP contribution is -2.30. The third kappa shape index (κ3) is 4.97. The Hall–Kier alpha value is -1.40. The number of amides is 1. The van der Waals surface area contributed by atoms with Crippen molar-refractivity contribution in [1.82, 2.24) is 10.3 Å². The van der Waals surface area contributed by atoms with Crippen LogP contribution in [0, 0.1) is 0 Å². The van der Waals surface area contributed by atoms with Gasteiger partial charge in [0.25, 0.3) is 5.91 Å². The summed E-state index contributed by atoms with van der Waals surface area (Å²) in [5, 5.41) is 2.39. The van der Waals surface area contributed by atoms with Gasteiger partial charge in [-0.3, -0.25) is 14.6 Å². The molecule has 0 radical (unpaired) electrons. The Morgan fingerprint density at radius 3 is 2.88 bits per heavy atom. The predicted molar refractivity (Wildman–Crippen MR) is 67.8 cm³/mol. The molecule has 6 heteroatoms. The number of pyridine rings is 1. The summed E-state index contributed by atoms with van der Waals surface area (Å²) in [6.07, 6.45) is 4.25. The van der Waals surface area contributed by atoms with E-state index < -0.39 is 6.04 Å². The Morgan fingerprint density at radius 1 is 1.53 bits per heavy atom. The number of thiol groups is 1.